The molecule has 1 heterocycles. The Morgan fingerprint density at radius 2 is 2.05 bits per heavy atom. The summed E-state index contributed by atoms with van der Waals surface area (Å²) in [7, 11) is 0. The van der Waals surface area contributed by atoms with E-state index in [1.807, 2.05) is 19.1 Å². The molecule has 6 nitrogen and oxygen atoms in total. The summed E-state index contributed by atoms with van der Waals surface area (Å²) in [5, 5.41) is 9.79. The summed E-state index contributed by atoms with van der Waals surface area (Å²) in [6.45, 7) is 2.49. The van der Waals surface area contributed by atoms with Gasteiger partial charge in [0.25, 0.3) is 5.91 Å². The minimum atomic E-state index is -0.704. The average Bonchev–Trinajstić information content (AvgIpc) is 3.01. The number of rotatable bonds is 6. The first-order valence-corrected chi connectivity index (χ1v) is 7.51. The van der Waals surface area contributed by atoms with Crippen LogP contribution in [0.3, 0.4) is 0 Å². The molecule has 0 aromatic heterocycles. The smallest absolute Gasteiger partial charge is 0.264 e. The van der Waals surface area contributed by atoms with Gasteiger partial charge in [0.1, 0.15) is 0 Å². The Hall–Kier alpha value is -2.08. The molecular formula is C15H18ClN3O3. The van der Waals surface area contributed by atoms with E-state index in [4.69, 9.17) is 16.4 Å². The lowest BCUT2D eigenvalue weighted by Crippen LogP contribution is -2.41. The predicted molar refractivity (Wildman–Crippen MR) is 83.8 cm³/mol. The molecule has 0 radical (unpaired) electrons. The summed E-state index contributed by atoms with van der Waals surface area (Å²) < 4.78 is 0. The van der Waals surface area contributed by atoms with E-state index < -0.39 is 6.10 Å². The van der Waals surface area contributed by atoms with Crippen LogP contribution in [-0.4, -0.2) is 36.7 Å². The molecule has 0 fully saturated rings. The maximum absolute atomic E-state index is 11.9. The SMILES string of the molecule is CCCNC(=O)CNC(=O)[C@H]1CC(c2ccc(Cl)cc2)=NO1. The van der Waals surface area contributed by atoms with Gasteiger partial charge in [-0.15, -0.1) is 0 Å². The quantitative estimate of drug-likeness (QED) is 0.832. The number of carbonyl (C=O) groups is 2. The third kappa shape index (κ3) is 4.46. The molecule has 0 saturated carbocycles. The molecule has 0 saturated heterocycles. The van der Waals surface area contributed by atoms with Crippen LogP contribution in [0.1, 0.15) is 25.3 Å². The van der Waals surface area contributed by atoms with E-state index in [9.17, 15) is 9.59 Å². The van der Waals surface area contributed by atoms with Crippen LogP contribution in [0.25, 0.3) is 0 Å². The third-order valence-electron chi connectivity index (χ3n) is 3.13. The zero-order valence-corrected chi connectivity index (χ0v) is 13.0. The average molecular weight is 324 g/mol. The van der Waals surface area contributed by atoms with Crippen LogP contribution in [0, 0.1) is 0 Å². The van der Waals surface area contributed by atoms with Crippen LogP contribution in [0.5, 0.6) is 0 Å². The van der Waals surface area contributed by atoms with Crippen molar-refractivity contribution in [1.82, 2.24) is 10.6 Å². The Balaban J connectivity index is 1.80. The molecule has 2 rings (SSSR count). The Morgan fingerprint density at radius 1 is 1.32 bits per heavy atom. The highest BCUT2D eigenvalue weighted by atomic mass is 35.5. The van der Waals surface area contributed by atoms with Gasteiger partial charge in [-0.3, -0.25) is 9.59 Å². The Bertz CT molecular complexity index is 572. The second-order valence-corrected chi connectivity index (χ2v) is 5.35. The monoisotopic (exact) mass is 323 g/mol. The fraction of sp³-hybridized carbons (Fsp3) is 0.400. The molecular weight excluding hydrogens is 306 g/mol. The van der Waals surface area contributed by atoms with Gasteiger partial charge in [-0.1, -0.05) is 35.8 Å². The van der Waals surface area contributed by atoms with E-state index in [-0.39, 0.29) is 18.4 Å². The first-order chi connectivity index (χ1) is 10.6. The van der Waals surface area contributed by atoms with Crippen molar-refractivity contribution in [1.29, 1.82) is 0 Å². The highest BCUT2D eigenvalue weighted by Crippen LogP contribution is 2.18. The summed E-state index contributed by atoms with van der Waals surface area (Å²) >= 11 is 5.83. The lowest BCUT2D eigenvalue weighted by Gasteiger charge is -2.09. The molecule has 0 aliphatic carbocycles. The molecule has 1 aliphatic heterocycles. The number of amides is 2. The van der Waals surface area contributed by atoms with Gasteiger partial charge in [-0.2, -0.15) is 0 Å². The third-order valence-corrected chi connectivity index (χ3v) is 3.39. The van der Waals surface area contributed by atoms with Crippen LogP contribution in [0.2, 0.25) is 5.02 Å². The largest absolute Gasteiger partial charge is 0.382 e. The van der Waals surface area contributed by atoms with Crippen molar-refractivity contribution in [3.63, 3.8) is 0 Å². The van der Waals surface area contributed by atoms with Crippen LogP contribution < -0.4 is 10.6 Å². The van der Waals surface area contributed by atoms with E-state index in [0.717, 1.165) is 12.0 Å². The summed E-state index contributed by atoms with van der Waals surface area (Å²) in [5.74, 6) is -0.564. The predicted octanol–water partition coefficient (Wildman–Crippen LogP) is 1.48. The summed E-state index contributed by atoms with van der Waals surface area (Å²) in [6.07, 6.45) is 0.512. The van der Waals surface area contributed by atoms with Gasteiger partial charge in [0.05, 0.1) is 12.3 Å². The van der Waals surface area contributed by atoms with Crippen LogP contribution in [-0.2, 0) is 14.4 Å². The fourth-order valence-corrected chi connectivity index (χ4v) is 2.06. The number of hydrogen-bond acceptors (Lipinski definition) is 4. The number of carbonyl (C=O) groups excluding carboxylic acids is 2. The first kappa shape index (κ1) is 16.3. The molecule has 0 bridgehead atoms. The maximum Gasteiger partial charge on any atom is 0.264 e. The molecule has 118 valence electrons. The van der Waals surface area contributed by atoms with E-state index >= 15 is 0 Å². The zero-order chi connectivity index (χ0) is 15.9. The second-order valence-electron chi connectivity index (χ2n) is 4.91. The topological polar surface area (TPSA) is 79.8 Å². The lowest BCUT2D eigenvalue weighted by molar-refractivity contribution is -0.133. The Kier molecular flexibility index (Phi) is 5.77. The van der Waals surface area contributed by atoms with Crippen molar-refractivity contribution in [3.8, 4) is 0 Å². The molecule has 2 N–H and O–H groups in total. The number of oxime groups is 1. The number of nitrogens with zero attached hydrogens (tertiary/aromatic N) is 1. The number of benzene rings is 1. The van der Waals surface area contributed by atoms with Crippen molar-refractivity contribution in [2.24, 2.45) is 5.16 Å². The number of halogens is 1. The van der Waals surface area contributed by atoms with Crippen molar-refractivity contribution in [2.75, 3.05) is 13.1 Å². The van der Waals surface area contributed by atoms with Gasteiger partial charge < -0.3 is 15.5 Å². The van der Waals surface area contributed by atoms with E-state index in [1.165, 1.54) is 0 Å². The van der Waals surface area contributed by atoms with Gasteiger partial charge in [-0.25, -0.2) is 0 Å². The zero-order valence-electron chi connectivity index (χ0n) is 12.3. The minimum absolute atomic E-state index is 0.0605. The minimum Gasteiger partial charge on any atom is -0.382 e. The molecule has 22 heavy (non-hydrogen) atoms. The second kappa shape index (κ2) is 7.79. The van der Waals surface area contributed by atoms with Gasteiger partial charge in [-0.05, 0) is 24.1 Å². The molecule has 7 heteroatoms. The molecule has 1 aliphatic rings. The van der Waals surface area contributed by atoms with Crippen LogP contribution in [0.4, 0.5) is 0 Å². The summed E-state index contributed by atoms with van der Waals surface area (Å²) in [4.78, 5) is 28.5. The molecule has 0 spiro atoms. The maximum atomic E-state index is 11.9. The summed E-state index contributed by atoms with van der Waals surface area (Å²) in [5.41, 5.74) is 1.55. The van der Waals surface area contributed by atoms with Crippen molar-refractivity contribution in [2.45, 2.75) is 25.9 Å². The van der Waals surface area contributed by atoms with Crippen LogP contribution >= 0.6 is 11.6 Å². The molecule has 0 unspecified atom stereocenters. The van der Waals surface area contributed by atoms with Gasteiger partial charge in [0.15, 0.2) is 0 Å². The standard InChI is InChI=1S/C15H18ClN3O3/c1-2-7-17-14(20)9-18-15(21)13-8-12(19-22-13)10-3-5-11(16)6-4-10/h3-6,13H,2,7-9H2,1H3,(H,17,20)(H,18,21)/t13-/m1/s1. The first-order valence-electron chi connectivity index (χ1n) is 7.13. The lowest BCUT2D eigenvalue weighted by atomic mass is 10.0. The molecule has 1 aromatic carbocycles. The number of hydrogen-bond donors (Lipinski definition) is 2. The normalized spacial score (nSPS) is 16.6. The molecule has 2 amide bonds. The van der Waals surface area contributed by atoms with Gasteiger partial charge >= 0.3 is 0 Å². The Morgan fingerprint density at radius 3 is 2.73 bits per heavy atom. The number of nitrogens with one attached hydrogen (secondary N) is 2. The van der Waals surface area contributed by atoms with Crippen molar-refractivity contribution in [3.05, 3.63) is 34.9 Å². The highest BCUT2D eigenvalue weighted by Gasteiger charge is 2.28. The Labute approximate surface area is 133 Å². The van der Waals surface area contributed by atoms with E-state index in [0.29, 0.717) is 23.7 Å². The van der Waals surface area contributed by atoms with Gasteiger partial charge in [0.2, 0.25) is 12.0 Å². The molecule has 1 aromatic rings. The molecule has 1 atom stereocenters. The fourth-order valence-electron chi connectivity index (χ4n) is 1.94. The van der Waals surface area contributed by atoms with Gasteiger partial charge in [0, 0.05) is 18.0 Å². The summed E-state index contributed by atoms with van der Waals surface area (Å²) in [6, 6.07) is 7.15. The van der Waals surface area contributed by atoms with E-state index in [1.54, 1.807) is 12.1 Å². The van der Waals surface area contributed by atoms with Crippen LogP contribution in [0.15, 0.2) is 29.4 Å². The van der Waals surface area contributed by atoms with E-state index in [2.05, 4.69) is 15.8 Å². The van der Waals surface area contributed by atoms with Crippen molar-refractivity contribution >= 4 is 29.1 Å². The van der Waals surface area contributed by atoms with Crippen molar-refractivity contribution < 1.29 is 14.4 Å². The highest BCUT2D eigenvalue weighted by molar-refractivity contribution is 6.30.